The highest BCUT2D eigenvalue weighted by molar-refractivity contribution is 7.19. The summed E-state index contributed by atoms with van der Waals surface area (Å²) in [5.41, 5.74) is 3.00. The minimum atomic E-state index is -0.144. The van der Waals surface area contributed by atoms with E-state index in [1.807, 2.05) is 36.4 Å². The van der Waals surface area contributed by atoms with E-state index in [2.05, 4.69) is 27.3 Å². The summed E-state index contributed by atoms with van der Waals surface area (Å²) in [5.74, 6) is -0.144. The Balaban J connectivity index is 1.38. The average Bonchev–Trinajstić information content (AvgIpc) is 3.11. The van der Waals surface area contributed by atoms with Gasteiger partial charge in [0.1, 0.15) is 5.01 Å². The van der Waals surface area contributed by atoms with E-state index in [-0.39, 0.29) is 5.91 Å². The molecule has 0 bridgehead atoms. The number of nitrogens with one attached hydrogen (secondary N) is 1. The number of amides is 1. The lowest BCUT2D eigenvalue weighted by molar-refractivity contribution is -0.111. The first-order chi connectivity index (χ1) is 12.8. The van der Waals surface area contributed by atoms with Crippen molar-refractivity contribution in [2.75, 3.05) is 23.3 Å². The van der Waals surface area contributed by atoms with Crippen molar-refractivity contribution in [3.8, 4) is 0 Å². The summed E-state index contributed by atoms with van der Waals surface area (Å²) in [6.45, 7) is 2.24. The van der Waals surface area contributed by atoms with Crippen LogP contribution >= 0.6 is 11.3 Å². The fraction of sp³-hybridized carbons (Fsp3) is 0.238. The van der Waals surface area contributed by atoms with Crippen molar-refractivity contribution in [3.05, 3.63) is 59.6 Å². The third-order valence-electron chi connectivity index (χ3n) is 4.54. The van der Waals surface area contributed by atoms with Crippen LogP contribution in [0, 0.1) is 0 Å². The van der Waals surface area contributed by atoms with Crippen molar-refractivity contribution < 1.29 is 4.79 Å². The average molecular weight is 363 g/mol. The van der Waals surface area contributed by atoms with E-state index < -0.39 is 0 Å². The summed E-state index contributed by atoms with van der Waals surface area (Å²) in [5, 5.41) is 3.74. The number of aromatic nitrogens is 1. The molecule has 5 heteroatoms. The molecule has 0 spiro atoms. The molecule has 0 radical (unpaired) electrons. The fourth-order valence-electron chi connectivity index (χ4n) is 3.20. The molecule has 4 nitrogen and oxygen atoms in total. The Labute approximate surface area is 157 Å². The smallest absolute Gasteiger partial charge is 0.248 e. The Morgan fingerprint density at radius 1 is 1.04 bits per heavy atom. The van der Waals surface area contributed by atoms with Gasteiger partial charge in [-0.25, -0.2) is 4.98 Å². The standard InChI is InChI=1S/C21H21N3OS/c25-20(12-13-21-23-18-6-2-3-7-19(18)26-21)22-16-8-10-17(11-9-16)24-14-4-1-5-15-24/h2-3,6-13H,1,4-5,14-15H2,(H,22,25)/b13-12+. The first kappa shape index (κ1) is 16.8. The van der Waals surface area contributed by atoms with Gasteiger partial charge in [0.15, 0.2) is 0 Å². The molecule has 3 aromatic rings. The number of nitrogens with zero attached hydrogens (tertiary/aromatic N) is 2. The molecule has 132 valence electrons. The number of anilines is 2. The van der Waals surface area contributed by atoms with Crippen LogP contribution in [-0.2, 0) is 4.79 Å². The van der Waals surface area contributed by atoms with Gasteiger partial charge in [-0.2, -0.15) is 0 Å². The van der Waals surface area contributed by atoms with Gasteiger partial charge in [-0.3, -0.25) is 4.79 Å². The lowest BCUT2D eigenvalue weighted by Crippen LogP contribution is -2.29. The number of benzene rings is 2. The lowest BCUT2D eigenvalue weighted by atomic mass is 10.1. The molecule has 1 fully saturated rings. The molecule has 26 heavy (non-hydrogen) atoms. The first-order valence-corrected chi connectivity index (χ1v) is 9.79. The molecule has 0 atom stereocenters. The minimum Gasteiger partial charge on any atom is -0.372 e. The van der Waals surface area contributed by atoms with E-state index in [0.717, 1.165) is 34.0 Å². The van der Waals surface area contributed by atoms with Crippen LogP contribution in [0.15, 0.2) is 54.6 Å². The van der Waals surface area contributed by atoms with Crippen molar-refractivity contribution in [2.45, 2.75) is 19.3 Å². The van der Waals surface area contributed by atoms with Crippen LogP contribution in [0.2, 0.25) is 0 Å². The Morgan fingerprint density at radius 3 is 2.58 bits per heavy atom. The molecule has 2 heterocycles. The molecule has 0 saturated carbocycles. The Bertz CT molecular complexity index is 891. The maximum absolute atomic E-state index is 12.2. The third kappa shape index (κ3) is 3.94. The second-order valence-electron chi connectivity index (χ2n) is 6.44. The van der Waals surface area contributed by atoms with E-state index in [0.29, 0.717) is 0 Å². The minimum absolute atomic E-state index is 0.144. The van der Waals surface area contributed by atoms with Crippen LogP contribution in [-0.4, -0.2) is 24.0 Å². The number of hydrogen-bond donors (Lipinski definition) is 1. The molecule has 0 aliphatic carbocycles. The highest BCUT2D eigenvalue weighted by Crippen LogP contribution is 2.23. The van der Waals surface area contributed by atoms with Gasteiger partial charge in [0.05, 0.1) is 10.2 Å². The Kier molecular flexibility index (Phi) is 4.97. The molecule has 0 unspecified atom stereocenters. The molecule has 1 aliphatic heterocycles. The zero-order valence-electron chi connectivity index (χ0n) is 14.5. The zero-order chi connectivity index (χ0) is 17.8. The number of rotatable bonds is 4. The van der Waals surface area contributed by atoms with Crippen molar-refractivity contribution in [2.24, 2.45) is 0 Å². The van der Waals surface area contributed by atoms with E-state index >= 15 is 0 Å². The largest absolute Gasteiger partial charge is 0.372 e. The molecule has 4 rings (SSSR count). The second kappa shape index (κ2) is 7.70. The highest BCUT2D eigenvalue weighted by Gasteiger charge is 2.10. The summed E-state index contributed by atoms with van der Waals surface area (Å²) in [7, 11) is 0. The molecular weight excluding hydrogens is 342 g/mol. The number of thiazole rings is 1. The summed E-state index contributed by atoms with van der Waals surface area (Å²) < 4.78 is 1.13. The quantitative estimate of drug-likeness (QED) is 0.668. The van der Waals surface area contributed by atoms with Gasteiger partial charge in [0.2, 0.25) is 5.91 Å². The molecular formula is C21H21N3OS. The van der Waals surface area contributed by atoms with Crippen LogP contribution in [0.4, 0.5) is 11.4 Å². The van der Waals surface area contributed by atoms with Crippen molar-refractivity contribution in [1.29, 1.82) is 0 Å². The van der Waals surface area contributed by atoms with Gasteiger partial charge >= 0.3 is 0 Å². The number of hydrogen-bond acceptors (Lipinski definition) is 4. The van der Waals surface area contributed by atoms with Gasteiger partial charge in [-0.15, -0.1) is 11.3 Å². The van der Waals surface area contributed by atoms with Gasteiger partial charge in [0.25, 0.3) is 0 Å². The Hall–Kier alpha value is -2.66. The van der Waals surface area contributed by atoms with E-state index in [4.69, 9.17) is 0 Å². The molecule has 1 N–H and O–H groups in total. The maximum atomic E-state index is 12.2. The third-order valence-corrected chi connectivity index (χ3v) is 5.55. The molecule has 1 amide bonds. The van der Waals surface area contributed by atoms with Crippen LogP contribution in [0.5, 0.6) is 0 Å². The molecule has 1 aromatic heterocycles. The lowest BCUT2D eigenvalue weighted by Gasteiger charge is -2.28. The fourth-order valence-corrected chi connectivity index (χ4v) is 4.07. The van der Waals surface area contributed by atoms with Crippen LogP contribution < -0.4 is 10.2 Å². The summed E-state index contributed by atoms with van der Waals surface area (Å²) in [6.07, 6.45) is 7.15. The predicted molar refractivity (Wildman–Crippen MR) is 110 cm³/mol. The van der Waals surface area contributed by atoms with Gasteiger partial charge in [-0.05, 0) is 61.7 Å². The summed E-state index contributed by atoms with van der Waals surface area (Å²) >= 11 is 1.58. The number of piperidine rings is 1. The van der Waals surface area contributed by atoms with Crippen LogP contribution in [0.1, 0.15) is 24.3 Å². The number of carbonyl (C=O) groups is 1. The Morgan fingerprint density at radius 2 is 1.81 bits per heavy atom. The van der Waals surface area contributed by atoms with Crippen LogP contribution in [0.25, 0.3) is 16.3 Å². The van der Waals surface area contributed by atoms with E-state index in [9.17, 15) is 4.79 Å². The zero-order valence-corrected chi connectivity index (χ0v) is 15.3. The number of carbonyl (C=O) groups excluding carboxylic acids is 1. The normalized spacial score (nSPS) is 14.8. The van der Waals surface area contributed by atoms with E-state index in [1.165, 1.54) is 31.0 Å². The van der Waals surface area contributed by atoms with Crippen molar-refractivity contribution in [3.63, 3.8) is 0 Å². The topological polar surface area (TPSA) is 45.2 Å². The van der Waals surface area contributed by atoms with Crippen LogP contribution in [0.3, 0.4) is 0 Å². The molecule has 1 saturated heterocycles. The van der Waals surface area contributed by atoms with Gasteiger partial charge in [-0.1, -0.05) is 12.1 Å². The summed E-state index contributed by atoms with van der Waals surface area (Å²) in [6, 6.07) is 16.1. The van der Waals surface area contributed by atoms with Gasteiger partial charge in [0, 0.05) is 30.5 Å². The highest BCUT2D eigenvalue weighted by atomic mass is 32.1. The number of para-hydroxylation sites is 1. The SMILES string of the molecule is O=C(/C=C/c1nc2ccccc2s1)Nc1ccc(N2CCCCC2)cc1. The van der Waals surface area contributed by atoms with E-state index in [1.54, 1.807) is 17.4 Å². The molecule has 2 aromatic carbocycles. The van der Waals surface area contributed by atoms with Gasteiger partial charge < -0.3 is 10.2 Å². The number of fused-ring (bicyclic) bond motifs is 1. The first-order valence-electron chi connectivity index (χ1n) is 8.98. The monoisotopic (exact) mass is 363 g/mol. The maximum Gasteiger partial charge on any atom is 0.248 e. The molecule has 1 aliphatic rings. The predicted octanol–water partition coefficient (Wildman–Crippen LogP) is 4.94. The van der Waals surface area contributed by atoms with Crippen molar-refractivity contribution in [1.82, 2.24) is 4.98 Å². The second-order valence-corrected chi connectivity index (χ2v) is 7.50. The van der Waals surface area contributed by atoms with Crippen molar-refractivity contribution >= 4 is 44.9 Å². The summed E-state index contributed by atoms with van der Waals surface area (Å²) in [4.78, 5) is 19.1.